The number of nitrogens with zero attached hydrogens (tertiary/aromatic N) is 2. The summed E-state index contributed by atoms with van der Waals surface area (Å²) in [5.74, 6) is 1.41. The molecule has 0 aliphatic carbocycles. The van der Waals surface area contributed by atoms with Crippen LogP contribution in [-0.2, 0) is 22.6 Å². The number of anilines is 1. The molecule has 6 nitrogen and oxygen atoms in total. The summed E-state index contributed by atoms with van der Waals surface area (Å²) in [5.41, 5.74) is 2.88. The number of carbonyl (C=O) groups excluding carboxylic acids is 2. The van der Waals surface area contributed by atoms with E-state index in [1.54, 1.807) is 53.7 Å². The van der Waals surface area contributed by atoms with Crippen molar-refractivity contribution in [2.24, 2.45) is 5.92 Å². The highest BCUT2D eigenvalue weighted by Gasteiger charge is 2.34. The molecule has 0 saturated heterocycles. The third kappa shape index (κ3) is 5.14. The molecule has 6 heteroatoms. The molecular weight excluding hydrogens is 402 g/mol. The summed E-state index contributed by atoms with van der Waals surface area (Å²) >= 11 is 0. The molecule has 2 amide bonds. The highest BCUT2D eigenvalue weighted by atomic mass is 16.5. The molecule has 1 N–H and O–H groups in total. The van der Waals surface area contributed by atoms with Crippen LogP contribution in [0, 0.1) is 5.92 Å². The molecule has 4 rings (SSSR count). The van der Waals surface area contributed by atoms with Gasteiger partial charge in [0, 0.05) is 37.5 Å². The van der Waals surface area contributed by atoms with Gasteiger partial charge in [-0.1, -0.05) is 38.1 Å². The minimum Gasteiger partial charge on any atom is -0.457 e. The molecule has 1 atom stereocenters. The molecule has 2 heterocycles. The summed E-state index contributed by atoms with van der Waals surface area (Å²) in [6.45, 7) is 4.49. The van der Waals surface area contributed by atoms with Crippen LogP contribution in [0.4, 0.5) is 5.69 Å². The number of hydrogen-bond donors (Lipinski definition) is 1. The third-order valence-electron chi connectivity index (χ3n) is 5.46. The van der Waals surface area contributed by atoms with Crippen molar-refractivity contribution in [1.29, 1.82) is 0 Å². The Morgan fingerprint density at radius 3 is 2.34 bits per heavy atom. The van der Waals surface area contributed by atoms with E-state index < -0.39 is 6.04 Å². The molecule has 0 saturated carbocycles. The quantitative estimate of drug-likeness (QED) is 0.610. The van der Waals surface area contributed by atoms with Crippen LogP contribution in [0.2, 0.25) is 0 Å². The fraction of sp³-hybridized carbons (Fsp3) is 0.269. The predicted octanol–water partition coefficient (Wildman–Crippen LogP) is 4.81. The fourth-order valence-electron chi connectivity index (χ4n) is 3.86. The lowest BCUT2D eigenvalue weighted by Gasteiger charge is -2.36. The molecule has 1 aromatic heterocycles. The van der Waals surface area contributed by atoms with E-state index >= 15 is 0 Å². The summed E-state index contributed by atoms with van der Waals surface area (Å²) in [6.07, 6.45) is 4.26. The number of carbonyl (C=O) groups is 2. The second kappa shape index (κ2) is 9.64. The second-order valence-corrected chi connectivity index (χ2v) is 8.41. The summed E-state index contributed by atoms with van der Waals surface area (Å²) in [4.78, 5) is 31.8. The number of nitrogens with one attached hydrogen (secondary N) is 1. The normalized spacial score (nSPS) is 15.2. The first-order valence-electron chi connectivity index (χ1n) is 10.8. The number of aromatic nitrogens is 1. The zero-order chi connectivity index (χ0) is 22.5. The summed E-state index contributed by atoms with van der Waals surface area (Å²) in [7, 11) is 0. The average molecular weight is 430 g/mol. The molecule has 0 radical (unpaired) electrons. The van der Waals surface area contributed by atoms with Crippen LogP contribution in [0.15, 0.2) is 73.1 Å². The Morgan fingerprint density at radius 2 is 1.66 bits per heavy atom. The standard InChI is InChI=1S/C26H27N3O3/c1-18(2)15-25(30)29-17-20-6-4-3-5-19(20)16-24(29)26(31)28-21-7-9-22(10-8-21)32-23-11-13-27-14-12-23/h3-14,18,24H,15-17H2,1-2H3,(H,28,31). The van der Waals surface area contributed by atoms with Crippen LogP contribution in [0.5, 0.6) is 11.5 Å². The highest BCUT2D eigenvalue weighted by Crippen LogP contribution is 2.27. The summed E-state index contributed by atoms with van der Waals surface area (Å²) < 4.78 is 5.77. The number of ether oxygens (including phenoxy) is 1. The molecule has 3 aromatic rings. The molecule has 1 unspecified atom stereocenters. The van der Waals surface area contributed by atoms with Crippen LogP contribution in [-0.4, -0.2) is 27.7 Å². The maximum Gasteiger partial charge on any atom is 0.247 e. The molecule has 32 heavy (non-hydrogen) atoms. The Kier molecular flexibility index (Phi) is 6.50. The molecule has 164 valence electrons. The highest BCUT2D eigenvalue weighted by molar-refractivity contribution is 5.97. The molecule has 0 bridgehead atoms. The van der Waals surface area contributed by atoms with Gasteiger partial charge in [-0.2, -0.15) is 0 Å². The molecule has 0 fully saturated rings. The van der Waals surface area contributed by atoms with E-state index in [2.05, 4.69) is 10.3 Å². The first-order valence-corrected chi connectivity index (χ1v) is 10.8. The van der Waals surface area contributed by atoms with Crippen molar-refractivity contribution in [3.05, 3.63) is 84.2 Å². The van der Waals surface area contributed by atoms with E-state index in [0.29, 0.717) is 36.6 Å². The lowest BCUT2D eigenvalue weighted by atomic mass is 9.92. The van der Waals surface area contributed by atoms with Gasteiger partial charge in [0.15, 0.2) is 0 Å². The molecule has 1 aliphatic rings. The third-order valence-corrected chi connectivity index (χ3v) is 5.46. The van der Waals surface area contributed by atoms with Gasteiger partial charge in [0.25, 0.3) is 0 Å². The Hall–Kier alpha value is -3.67. The largest absolute Gasteiger partial charge is 0.457 e. The van der Waals surface area contributed by atoms with Crippen LogP contribution in [0.3, 0.4) is 0 Å². The van der Waals surface area contributed by atoms with E-state index in [9.17, 15) is 9.59 Å². The lowest BCUT2D eigenvalue weighted by molar-refractivity contribution is -0.140. The fourth-order valence-corrected chi connectivity index (χ4v) is 3.86. The van der Waals surface area contributed by atoms with Crippen molar-refractivity contribution >= 4 is 17.5 Å². The monoisotopic (exact) mass is 429 g/mol. The zero-order valence-corrected chi connectivity index (χ0v) is 18.3. The van der Waals surface area contributed by atoms with Crippen LogP contribution in [0.25, 0.3) is 0 Å². The van der Waals surface area contributed by atoms with Gasteiger partial charge in [0.2, 0.25) is 11.8 Å². The van der Waals surface area contributed by atoms with E-state index in [4.69, 9.17) is 4.74 Å². The van der Waals surface area contributed by atoms with Crippen molar-refractivity contribution in [2.45, 2.75) is 39.3 Å². The summed E-state index contributed by atoms with van der Waals surface area (Å²) in [5, 5.41) is 2.97. The smallest absolute Gasteiger partial charge is 0.247 e. The second-order valence-electron chi connectivity index (χ2n) is 8.41. The van der Waals surface area contributed by atoms with Gasteiger partial charge < -0.3 is 15.0 Å². The van der Waals surface area contributed by atoms with E-state index in [1.165, 1.54) is 0 Å². The van der Waals surface area contributed by atoms with E-state index in [0.717, 1.165) is 11.1 Å². The molecule has 1 aliphatic heterocycles. The average Bonchev–Trinajstić information content (AvgIpc) is 2.79. The maximum atomic E-state index is 13.2. The van der Waals surface area contributed by atoms with Crippen LogP contribution in [0.1, 0.15) is 31.4 Å². The molecule has 0 spiro atoms. The van der Waals surface area contributed by atoms with Crippen LogP contribution >= 0.6 is 0 Å². The minimum atomic E-state index is -0.538. The Balaban J connectivity index is 1.48. The number of fused-ring (bicyclic) bond motifs is 1. The topological polar surface area (TPSA) is 71.5 Å². The first kappa shape index (κ1) is 21.6. The zero-order valence-electron chi connectivity index (χ0n) is 18.3. The number of rotatable bonds is 6. The van der Waals surface area contributed by atoms with Crippen molar-refractivity contribution < 1.29 is 14.3 Å². The Bertz CT molecular complexity index is 1080. The maximum absolute atomic E-state index is 13.2. The van der Waals surface area contributed by atoms with Gasteiger partial charge >= 0.3 is 0 Å². The van der Waals surface area contributed by atoms with Crippen molar-refractivity contribution in [1.82, 2.24) is 9.88 Å². The number of pyridine rings is 1. The Labute approximate surface area is 188 Å². The number of hydrogen-bond acceptors (Lipinski definition) is 4. The van der Waals surface area contributed by atoms with Gasteiger partial charge in [-0.15, -0.1) is 0 Å². The molecular formula is C26H27N3O3. The minimum absolute atomic E-state index is 0.00996. The predicted molar refractivity (Wildman–Crippen MR) is 123 cm³/mol. The molecule has 2 aromatic carbocycles. The van der Waals surface area contributed by atoms with Gasteiger partial charge in [-0.25, -0.2) is 0 Å². The van der Waals surface area contributed by atoms with Crippen molar-refractivity contribution in [3.8, 4) is 11.5 Å². The Morgan fingerprint density at radius 1 is 1.00 bits per heavy atom. The van der Waals surface area contributed by atoms with Gasteiger partial charge in [0.05, 0.1) is 0 Å². The van der Waals surface area contributed by atoms with Crippen molar-refractivity contribution in [3.63, 3.8) is 0 Å². The van der Waals surface area contributed by atoms with Crippen molar-refractivity contribution in [2.75, 3.05) is 5.32 Å². The van der Waals surface area contributed by atoms with Gasteiger partial charge in [-0.05, 0) is 53.4 Å². The van der Waals surface area contributed by atoms with Gasteiger partial charge in [-0.3, -0.25) is 14.6 Å². The summed E-state index contributed by atoms with van der Waals surface area (Å²) in [6, 6.07) is 18.2. The lowest BCUT2D eigenvalue weighted by Crippen LogP contribution is -2.50. The van der Waals surface area contributed by atoms with E-state index in [-0.39, 0.29) is 17.7 Å². The SMILES string of the molecule is CC(C)CC(=O)N1Cc2ccccc2CC1C(=O)Nc1ccc(Oc2ccncc2)cc1. The van der Waals surface area contributed by atoms with E-state index in [1.807, 2.05) is 38.1 Å². The van der Waals surface area contributed by atoms with Crippen LogP contribution < -0.4 is 10.1 Å². The number of benzene rings is 2. The van der Waals surface area contributed by atoms with Gasteiger partial charge in [0.1, 0.15) is 17.5 Å². The first-order chi connectivity index (χ1) is 15.5. The number of amides is 2.